The molecule has 0 bridgehead atoms. The number of aromatic nitrogens is 2. The van der Waals surface area contributed by atoms with Gasteiger partial charge in [0.2, 0.25) is 5.13 Å². The zero-order chi connectivity index (χ0) is 25.9. The highest BCUT2D eigenvalue weighted by molar-refractivity contribution is 9.10. The van der Waals surface area contributed by atoms with Crippen LogP contribution in [-0.4, -0.2) is 40.4 Å². The number of hydrogen-bond acceptors (Lipinski definition) is 7. The predicted molar refractivity (Wildman–Crippen MR) is 142 cm³/mol. The first-order chi connectivity index (χ1) is 17.9. The molecular weight excluding hydrogens is 558 g/mol. The van der Waals surface area contributed by atoms with Gasteiger partial charge in [-0.3, -0.25) is 24.5 Å². The molecule has 0 saturated carbocycles. The summed E-state index contributed by atoms with van der Waals surface area (Å²) in [5.41, 5.74) is 1.97. The number of halogens is 1. The molecule has 0 spiro atoms. The molecule has 1 aliphatic rings. The molecule has 9 nitrogen and oxygen atoms in total. The van der Waals surface area contributed by atoms with E-state index in [1.54, 1.807) is 54.6 Å². The van der Waals surface area contributed by atoms with Crippen LogP contribution in [0, 0.1) is 0 Å². The number of amides is 4. The third-order valence-corrected chi connectivity index (χ3v) is 6.97. The van der Waals surface area contributed by atoms with E-state index >= 15 is 0 Å². The van der Waals surface area contributed by atoms with Crippen molar-refractivity contribution in [2.75, 3.05) is 16.8 Å². The summed E-state index contributed by atoms with van der Waals surface area (Å²) >= 11 is 4.56. The summed E-state index contributed by atoms with van der Waals surface area (Å²) in [7, 11) is 0. The van der Waals surface area contributed by atoms with Crippen LogP contribution in [0.4, 0.5) is 10.8 Å². The van der Waals surface area contributed by atoms with E-state index < -0.39 is 17.7 Å². The second kappa shape index (κ2) is 10.4. The van der Waals surface area contributed by atoms with Crippen LogP contribution in [0.2, 0.25) is 0 Å². The van der Waals surface area contributed by atoms with Gasteiger partial charge in [0.25, 0.3) is 23.6 Å². The minimum Gasteiger partial charge on any atom is -0.352 e. The van der Waals surface area contributed by atoms with Gasteiger partial charge in [0.05, 0.1) is 16.8 Å². The van der Waals surface area contributed by atoms with Gasteiger partial charge < -0.3 is 5.32 Å². The van der Waals surface area contributed by atoms with Gasteiger partial charge >= 0.3 is 0 Å². The predicted octanol–water partition coefficient (Wildman–Crippen LogP) is 4.33. The van der Waals surface area contributed by atoms with Crippen LogP contribution in [0.25, 0.3) is 0 Å². The number of fused-ring (bicyclic) bond motifs is 1. The average molecular weight is 576 g/mol. The number of carbonyl (C=O) groups excluding carboxylic acids is 4. The topological polar surface area (TPSA) is 121 Å². The van der Waals surface area contributed by atoms with Crippen molar-refractivity contribution in [2.24, 2.45) is 0 Å². The lowest BCUT2D eigenvalue weighted by molar-refractivity contribution is 0.0921. The molecule has 1 aliphatic heterocycles. The van der Waals surface area contributed by atoms with Crippen molar-refractivity contribution in [3.05, 3.63) is 105 Å². The van der Waals surface area contributed by atoms with Crippen molar-refractivity contribution < 1.29 is 19.2 Å². The van der Waals surface area contributed by atoms with E-state index in [-0.39, 0.29) is 5.91 Å². The number of nitrogens with zero attached hydrogens (tertiary/aromatic N) is 3. The van der Waals surface area contributed by atoms with Crippen LogP contribution < -0.4 is 15.5 Å². The molecule has 0 aliphatic carbocycles. The molecule has 0 radical (unpaired) electrons. The fourth-order valence-corrected chi connectivity index (χ4v) is 4.91. The van der Waals surface area contributed by atoms with Crippen LogP contribution in [0.3, 0.4) is 0 Å². The molecule has 0 atom stereocenters. The maximum atomic E-state index is 12.7. The molecule has 3 aromatic carbocycles. The van der Waals surface area contributed by atoms with E-state index in [9.17, 15) is 19.2 Å². The van der Waals surface area contributed by atoms with Crippen molar-refractivity contribution in [2.45, 2.75) is 6.42 Å². The summed E-state index contributed by atoms with van der Waals surface area (Å²) in [4.78, 5) is 51.3. The lowest BCUT2D eigenvalue weighted by Gasteiger charge is -2.14. The van der Waals surface area contributed by atoms with Crippen LogP contribution >= 0.6 is 27.3 Å². The summed E-state index contributed by atoms with van der Waals surface area (Å²) in [5.74, 6) is -1.39. The molecule has 11 heteroatoms. The standard InChI is InChI=1S/C26H18BrN5O4S/c27-17-5-3-4-16(14-17)22(33)28-13-12-21-30-31-26(37-21)29-23(34)15-8-10-18(11-9-15)32-24(35)19-6-1-2-7-20(19)25(32)36/h1-11,14H,12-13H2,(H,28,33)(H,29,31,34). The Kier molecular flexibility index (Phi) is 6.89. The molecule has 2 heterocycles. The minimum absolute atomic E-state index is 0.191. The molecule has 4 amide bonds. The molecule has 37 heavy (non-hydrogen) atoms. The summed E-state index contributed by atoms with van der Waals surface area (Å²) in [6.45, 7) is 0.368. The van der Waals surface area contributed by atoms with Gasteiger partial charge in [-0.05, 0) is 54.6 Å². The molecule has 0 fully saturated rings. The Morgan fingerprint density at radius 3 is 2.22 bits per heavy atom. The maximum absolute atomic E-state index is 12.7. The van der Waals surface area contributed by atoms with Gasteiger partial charge in [-0.1, -0.05) is 45.5 Å². The first-order valence-electron chi connectivity index (χ1n) is 11.2. The molecule has 1 aromatic heterocycles. The zero-order valence-electron chi connectivity index (χ0n) is 19.1. The maximum Gasteiger partial charge on any atom is 0.266 e. The highest BCUT2D eigenvalue weighted by Gasteiger charge is 2.36. The van der Waals surface area contributed by atoms with E-state index in [2.05, 4.69) is 36.8 Å². The second-order valence-electron chi connectivity index (χ2n) is 8.01. The van der Waals surface area contributed by atoms with Gasteiger partial charge in [0.15, 0.2) is 0 Å². The van der Waals surface area contributed by atoms with Crippen LogP contribution in [0.5, 0.6) is 0 Å². The van der Waals surface area contributed by atoms with Crippen LogP contribution in [0.15, 0.2) is 77.3 Å². The van der Waals surface area contributed by atoms with Crippen LogP contribution in [-0.2, 0) is 6.42 Å². The number of nitrogens with one attached hydrogen (secondary N) is 2. The van der Waals surface area contributed by atoms with Gasteiger partial charge in [-0.25, -0.2) is 4.90 Å². The number of imide groups is 1. The number of anilines is 2. The van der Waals surface area contributed by atoms with Gasteiger partial charge in [-0.2, -0.15) is 0 Å². The first-order valence-corrected chi connectivity index (χ1v) is 12.8. The molecule has 0 unspecified atom stereocenters. The normalized spacial score (nSPS) is 12.4. The molecule has 2 N–H and O–H groups in total. The van der Waals surface area contributed by atoms with Gasteiger partial charge in [0.1, 0.15) is 5.01 Å². The fourth-order valence-electron chi connectivity index (χ4n) is 3.77. The molecule has 4 aromatic rings. The lowest BCUT2D eigenvalue weighted by Crippen LogP contribution is -2.29. The van der Waals surface area contributed by atoms with Crippen molar-refractivity contribution in [1.82, 2.24) is 15.5 Å². The van der Waals surface area contributed by atoms with Crippen molar-refractivity contribution >= 4 is 61.7 Å². The Hall–Kier alpha value is -4.22. The second-order valence-corrected chi connectivity index (χ2v) is 9.99. The largest absolute Gasteiger partial charge is 0.352 e. The van der Waals surface area contributed by atoms with Crippen molar-refractivity contribution in [3.8, 4) is 0 Å². The van der Waals surface area contributed by atoms with E-state index in [0.29, 0.717) is 51.0 Å². The van der Waals surface area contributed by atoms with E-state index in [1.165, 1.54) is 23.5 Å². The van der Waals surface area contributed by atoms with Gasteiger partial charge in [0, 0.05) is 28.6 Å². The zero-order valence-corrected chi connectivity index (χ0v) is 21.5. The Bertz CT molecular complexity index is 1500. The summed E-state index contributed by atoms with van der Waals surface area (Å²) in [6.07, 6.45) is 0.461. The van der Waals surface area contributed by atoms with E-state index in [1.807, 2.05) is 6.07 Å². The third-order valence-electron chi connectivity index (χ3n) is 5.58. The summed E-state index contributed by atoms with van der Waals surface area (Å²) < 4.78 is 0.822. The minimum atomic E-state index is -0.403. The summed E-state index contributed by atoms with van der Waals surface area (Å²) in [5, 5.41) is 14.6. The smallest absolute Gasteiger partial charge is 0.266 e. The van der Waals surface area contributed by atoms with Gasteiger partial charge in [-0.15, -0.1) is 10.2 Å². The molecule has 184 valence electrons. The molecule has 5 rings (SSSR count). The lowest BCUT2D eigenvalue weighted by atomic mass is 10.1. The van der Waals surface area contributed by atoms with Crippen LogP contribution in [0.1, 0.15) is 46.4 Å². The SMILES string of the molecule is O=C(NCCc1nnc(NC(=O)c2ccc(N3C(=O)c4ccccc4C3=O)cc2)s1)c1cccc(Br)c1. The highest BCUT2D eigenvalue weighted by atomic mass is 79.9. The number of hydrogen-bond donors (Lipinski definition) is 2. The van der Waals surface area contributed by atoms with E-state index in [0.717, 1.165) is 9.37 Å². The average Bonchev–Trinajstić information content (AvgIpc) is 3.45. The Morgan fingerprint density at radius 1 is 0.838 bits per heavy atom. The third kappa shape index (κ3) is 5.18. The number of rotatable bonds is 7. The number of benzene rings is 3. The Morgan fingerprint density at radius 2 is 1.54 bits per heavy atom. The van der Waals surface area contributed by atoms with Crippen molar-refractivity contribution in [1.29, 1.82) is 0 Å². The Labute approximate surface area is 223 Å². The quantitative estimate of drug-likeness (QED) is 0.316. The Balaban J connectivity index is 1.16. The number of carbonyl (C=O) groups is 4. The highest BCUT2D eigenvalue weighted by Crippen LogP contribution is 2.28. The van der Waals surface area contributed by atoms with E-state index in [4.69, 9.17) is 0 Å². The first kappa shape index (κ1) is 24.5. The summed E-state index contributed by atoms with van der Waals surface area (Å²) in [6, 6.07) is 19.9. The molecule has 0 saturated heterocycles. The van der Waals surface area contributed by atoms with Crippen molar-refractivity contribution in [3.63, 3.8) is 0 Å². The molecular formula is C26H18BrN5O4S. The monoisotopic (exact) mass is 575 g/mol. The fraction of sp³-hybridized carbons (Fsp3) is 0.0769.